The molecule has 0 aliphatic carbocycles. The minimum absolute atomic E-state index is 0.922. The molecule has 1 fully saturated rings. The van der Waals surface area contributed by atoms with Crippen molar-refractivity contribution in [2.24, 2.45) is 0 Å². The summed E-state index contributed by atoms with van der Waals surface area (Å²) in [6, 6.07) is 10.4. The molecule has 3 aromatic rings. The van der Waals surface area contributed by atoms with E-state index < -0.39 is 0 Å². The van der Waals surface area contributed by atoms with E-state index in [1.165, 1.54) is 11.1 Å². The molecule has 112 valence electrons. The normalized spacial score (nSPS) is 15.4. The van der Waals surface area contributed by atoms with Crippen LogP contribution in [-0.4, -0.2) is 40.8 Å². The average molecular weight is 293 g/mol. The number of benzene rings is 1. The third-order valence-electron chi connectivity index (χ3n) is 4.23. The lowest BCUT2D eigenvalue weighted by Gasteiger charge is -2.28. The zero-order valence-electron chi connectivity index (χ0n) is 12.7. The maximum atomic E-state index is 4.87. The van der Waals surface area contributed by atoms with Gasteiger partial charge >= 0.3 is 0 Å². The van der Waals surface area contributed by atoms with Crippen molar-refractivity contribution in [2.45, 2.75) is 6.92 Å². The third kappa shape index (κ3) is 2.23. The highest BCUT2D eigenvalue weighted by Gasteiger charge is 2.15. The monoisotopic (exact) mass is 293 g/mol. The Hall–Kier alpha value is -2.40. The number of nitrogens with zero attached hydrogens (tertiary/aromatic N) is 4. The molecule has 0 saturated carbocycles. The van der Waals surface area contributed by atoms with Crippen molar-refractivity contribution in [1.29, 1.82) is 0 Å². The van der Waals surface area contributed by atoms with Gasteiger partial charge in [-0.3, -0.25) is 0 Å². The molecule has 3 heterocycles. The van der Waals surface area contributed by atoms with E-state index in [1.54, 1.807) is 0 Å². The van der Waals surface area contributed by atoms with Gasteiger partial charge in [0.15, 0.2) is 5.65 Å². The van der Waals surface area contributed by atoms with E-state index in [0.717, 1.165) is 43.2 Å². The molecule has 4 rings (SSSR count). The Morgan fingerprint density at radius 2 is 1.86 bits per heavy atom. The van der Waals surface area contributed by atoms with Crippen molar-refractivity contribution < 1.29 is 0 Å². The van der Waals surface area contributed by atoms with Crippen molar-refractivity contribution in [1.82, 2.24) is 19.9 Å². The molecule has 22 heavy (non-hydrogen) atoms. The molecule has 0 atom stereocenters. The lowest BCUT2D eigenvalue weighted by Crippen LogP contribution is -2.43. The number of hydrogen-bond donors (Lipinski definition) is 1. The smallest absolute Gasteiger partial charge is 0.165 e. The van der Waals surface area contributed by atoms with Gasteiger partial charge in [-0.2, -0.15) is 5.10 Å². The van der Waals surface area contributed by atoms with Crippen LogP contribution in [-0.2, 0) is 0 Å². The number of anilines is 1. The Bertz CT molecular complexity index is 802. The Balaban J connectivity index is 1.81. The molecule has 0 amide bonds. The maximum Gasteiger partial charge on any atom is 0.165 e. The second-order valence-corrected chi connectivity index (χ2v) is 5.66. The average Bonchev–Trinajstić information content (AvgIpc) is 2.99. The predicted molar refractivity (Wildman–Crippen MR) is 88.2 cm³/mol. The molecule has 5 nitrogen and oxygen atoms in total. The fourth-order valence-corrected chi connectivity index (χ4v) is 2.99. The molecule has 1 N–H and O–H groups in total. The molecule has 1 aromatic carbocycles. The van der Waals surface area contributed by atoms with Crippen LogP contribution in [0.4, 0.5) is 5.82 Å². The lowest BCUT2D eigenvalue weighted by molar-refractivity contribution is 0.585. The summed E-state index contributed by atoms with van der Waals surface area (Å²) in [4.78, 5) is 7.20. The summed E-state index contributed by atoms with van der Waals surface area (Å²) in [5.41, 5.74) is 4.45. The van der Waals surface area contributed by atoms with E-state index in [0.29, 0.717) is 0 Å². The molecule has 0 unspecified atom stereocenters. The third-order valence-corrected chi connectivity index (χ3v) is 4.23. The number of nitrogens with one attached hydrogen (secondary N) is 1. The van der Waals surface area contributed by atoms with Crippen molar-refractivity contribution >= 4 is 11.5 Å². The van der Waals surface area contributed by atoms with E-state index in [1.807, 2.05) is 23.0 Å². The van der Waals surface area contributed by atoms with Crippen LogP contribution >= 0.6 is 0 Å². The minimum atomic E-state index is 0.922. The van der Waals surface area contributed by atoms with Gasteiger partial charge in [0, 0.05) is 37.9 Å². The number of rotatable bonds is 2. The van der Waals surface area contributed by atoms with Crippen molar-refractivity contribution in [3.63, 3.8) is 0 Å². The first-order valence-corrected chi connectivity index (χ1v) is 7.69. The molecular formula is C17H19N5. The standard InChI is InChI=1S/C17H19N5/c1-13-4-2-3-5-14(13)15-12-19-22-9-6-16(20-17(15)22)21-10-7-18-8-11-21/h2-6,9,12,18H,7-8,10-11H2,1H3. The highest BCUT2D eigenvalue weighted by atomic mass is 15.3. The summed E-state index contributed by atoms with van der Waals surface area (Å²) in [6.45, 7) is 6.14. The maximum absolute atomic E-state index is 4.87. The van der Waals surface area contributed by atoms with Crippen molar-refractivity contribution in [2.75, 3.05) is 31.1 Å². The Morgan fingerprint density at radius 1 is 1.05 bits per heavy atom. The molecular weight excluding hydrogens is 274 g/mol. The fraction of sp³-hybridized carbons (Fsp3) is 0.294. The molecule has 0 radical (unpaired) electrons. The number of aryl methyl sites for hydroxylation is 1. The van der Waals surface area contributed by atoms with E-state index in [4.69, 9.17) is 4.98 Å². The highest BCUT2D eigenvalue weighted by molar-refractivity contribution is 5.79. The van der Waals surface area contributed by atoms with Gasteiger partial charge in [-0.05, 0) is 24.1 Å². The van der Waals surface area contributed by atoms with Crippen LogP contribution in [0.15, 0.2) is 42.7 Å². The Kier molecular flexibility index (Phi) is 3.27. The van der Waals surface area contributed by atoms with E-state index in [9.17, 15) is 0 Å². The molecule has 1 aliphatic heterocycles. The molecule has 1 aliphatic rings. The van der Waals surface area contributed by atoms with Crippen LogP contribution in [0, 0.1) is 6.92 Å². The summed E-state index contributed by atoms with van der Waals surface area (Å²) in [5.74, 6) is 1.03. The van der Waals surface area contributed by atoms with Gasteiger partial charge in [-0.25, -0.2) is 9.50 Å². The van der Waals surface area contributed by atoms with Crippen molar-refractivity contribution in [3.05, 3.63) is 48.3 Å². The Morgan fingerprint density at radius 3 is 2.68 bits per heavy atom. The second-order valence-electron chi connectivity index (χ2n) is 5.66. The second kappa shape index (κ2) is 5.42. The summed E-state index contributed by atoms with van der Waals surface area (Å²) in [5, 5.41) is 7.82. The van der Waals surface area contributed by atoms with E-state index >= 15 is 0 Å². The molecule has 5 heteroatoms. The van der Waals surface area contributed by atoms with Crippen molar-refractivity contribution in [3.8, 4) is 11.1 Å². The van der Waals surface area contributed by atoms with Gasteiger partial charge in [0.25, 0.3) is 0 Å². The summed E-state index contributed by atoms with van der Waals surface area (Å²) < 4.78 is 1.85. The predicted octanol–water partition coefficient (Wildman–Crippen LogP) is 2.11. The topological polar surface area (TPSA) is 45.5 Å². The first-order chi connectivity index (χ1) is 10.8. The zero-order valence-corrected chi connectivity index (χ0v) is 12.7. The first kappa shape index (κ1) is 13.3. The number of aromatic nitrogens is 3. The van der Waals surface area contributed by atoms with Crippen LogP contribution in [0.2, 0.25) is 0 Å². The van der Waals surface area contributed by atoms with Crippen LogP contribution in [0.5, 0.6) is 0 Å². The van der Waals surface area contributed by atoms with Gasteiger partial charge < -0.3 is 10.2 Å². The summed E-state index contributed by atoms with van der Waals surface area (Å²) >= 11 is 0. The first-order valence-electron chi connectivity index (χ1n) is 7.69. The Labute approximate surface area is 129 Å². The van der Waals surface area contributed by atoms with E-state index in [-0.39, 0.29) is 0 Å². The lowest BCUT2D eigenvalue weighted by atomic mass is 10.0. The van der Waals surface area contributed by atoms with Gasteiger partial charge in [0.2, 0.25) is 0 Å². The number of piperazine rings is 1. The molecule has 1 saturated heterocycles. The van der Waals surface area contributed by atoms with Gasteiger partial charge in [-0.1, -0.05) is 24.3 Å². The molecule has 2 aromatic heterocycles. The number of hydrogen-bond acceptors (Lipinski definition) is 4. The SMILES string of the molecule is Cc1ccccc1-c1cnn2ccc(N3CCNCC3)nc12. The van der Waals surface area contributed by atoms with Crippen LogP contribution in [0.1, 0.15) is 5.56 Å². The molecule has 0 spiro atoms. The quantitative estimate of drug-likeness (QED) is 0.786. The highest BCUT2D eigenvalue weighted by Crippen LogP contribution is 2.27. The minimum Gasteiger partial charge on any atom is -0.354 e. The summed E-state index contributed by atoms with van der Waals surface area (Å²) in [7, 11) is 0. The zero-order chi connectivity index (χ0) is 14.9. The van der Waals surface area contributed by atoms with Gasteiger partial charge in [0.1, 0.15) is 5.82 Å². The fourth-order valence-electron chi connectivity index (χ4n) is 2.99. The largest absolute Gasteiger partial charge is 0.354 e. The van der Waals surface area contributed by atoms with Crippen LogP contribution < -0.4 is 10.2 Å². The van der Waals surface area contributed by atoms with Crippen LogP contribution in [0.3, 0.4) is 0 Å². The number of fused-ring (bicyclic) bond motifs is 1. The summed E-state index contributed by atoms with van der Waals surface area (Å²) in [6.07, 6.45) is 3.91. The van der Waals surface area contributed by atoms with Gasteiger partial charge in [-0.15, -0.1) is 0 Å². The van der Waals surface area contributed by atoms with Crippen LogP contribution in [0.25, 0.3) is 16.8 Å². The van der Waals surface area contributed by atoms with Gasteiger partial charge in [0.05, 0.1) is 6.20 Å². The van der Waals surface area contributed by atoms with E-state index in [2.05, 4.69) is 46.5 Å². The molecule has 0 bridgehead atoms.